The number of hydrogen-bond acceptors (Lipinski definition) is 5. The Hall–Kier alpha value is -1.79. The summed E-state index contributed by atoms with van der Waals surface area (Å²) >= 11 is 1.60. The van der Waals surface area contributed by atoms with Gasteiger partial charge in [0.1, 0.15) is 0 Å². The number of rotatable bonds is 5. The number of thiazole rings is 1. The number of aryl methyl sites for hydroxylation is 1. The van der Waals surface area contributed by atoms with E-state index in [2.05, 4.69) is 15.3 Å². The molecular formula is C18H24N4OS. The fourth-order valence-electron chi connectivity index (χ4n) is 3.15. The average molecular weight is 344 g/mol. The fourth-order valence-corrected chi connectivity index (χ4v) is 3.76. The predicted octanol–water partition coefficient (Wildman–Crippen LogP) is 2.56. The van der Waals surface area contributed by atoms with Gasteiger partial charge in [-0.2, -0.15) is 0 Å². The third-order valence-electron chi connectivity index (χ3n) is 4.36. The highest BCUT2D eigenvalue weighted by Crippen LogP contribution is 2.18. The summed E-state index contributed by atoms with van der Waals surface area (Å²) in [7, 11) is 0. The zero-order valence-corrected chi connectivity index (χ0v) is 14.9. The van der Waals surface area contributed by atoms with Crippen LogP contribution in [0.4, 0.5) is 0 Å². The molecule has 24 heavy (non-hydrogen) atoms. The maximum atomic E-state index is 13.0. The van der Waals surface area contributed by atoms with Crippen molar-refractivity contribution in [3.8, 4) is 0 Å². The molecule has 1 atom stereocenters. The molecular weight excluding hydrogens is 320 g/mol. The van der Waals surface area contributed by atoms with E-state index in [1.165, 1.54) is 0 Å². The number of pyridine rings is 1. The third kappa shape index (κ3) is 4.61. The first kappa shape index (κ1) is 17.0. The van der Waals surface area contributed by atoms with Gasteiger partial charge in [0, 0.05) is 17.6 Å². The van der Waals surface area contributed by atoms with E-state index in [0.717, 1.165) is 48.7 Å². The van der Waals surface area contributed by atoms with E-state index >= 15 is 0 Å². The number of aromatic nitrogens is 2. The van der Waals surface area contributed by atoms with Gasteiger partial charge in [0.15, 0.2) is 0 Å². The van der Waals surface area contributed by atoms with Gasteiger partial charge < -0.3 is 10.2 Å². The standard InChI is InChI=1S/C18H24N4OS/c1-14-21-16(13-24-14)11-18(23)22(12-15-5-2-3-9-20-15)17-6-4-8-19-10-7-17/h2-3,5,9,13,17,19H,4,6-8,10-12H2,1H3. The van der Waals surface area contributed by atoms with Gasteiger partial charge in [0.2, 0.25) is 5.91 Å². The van der Waals surface area contributed by atoms with Crippen LogP contribution in [0.1, 0.15) is 35.7 Å². The lowest BCUT2D eigenvalue weighted by atomic mass is 10.1. The van der Waals surface area contributed by atoms with Crippen molar-refractivity contribution in [2.45, 2.75) is 45.2 Å². The van der Waals surface area contributed by atoms with Crippen LogP contribution in [0.3, 0.4) is 0 Å². The van der Waals surface area contributed by atoms with E-state index in [4.69, 9.17) is 0 Å². The van der Waals surface area contributed by atoms with Crippen molar-refractivity contribution in [1.29, 1.82) is 0 Å². The summed E-state index contributed by atoms with van der Waals surface area (Å²) in [4.78, 5) is 23.9. The lowest BCUT2D eigenvalue weighted by molar-refractivity contribution is -0.133. The second-order valence-electron chi connectivity index (χ2n) is 6.21. The molecule has 1 aliphatic heterocycles. The van der Waals surface area contributed by atoms with E-state index in [-0.39, 0.29) is 11.9 Å². The lowest BCUT2D eigenvalue weighted by Crippen LogP contribution is -2.41. The maximum Gasteiger partial charge on any atom is 0.229 e. The van der Waals surface area contributed by atoms with Crippen molar-refractivity contribution in [1.82, 2.24) is 20.2 Å². The zero-order valence-electron chi connectivity index (χ0n) is 14.1. The molecule has 1 unspecified atom stereocenters. The second-order valence-corrected chi connectivity index (χ2v) is 7.27. The Bertz CT molecular complexity index is 650. The molecule has 2 aromatic heterocycles. The summed E-state index contributed by atoms with van der Waals surface area (Å²) in [6.45, 7) is 4.55. The minimum Gasteiger partial charge on any atom is -0.333 e. The molecule has 1 N–H and O–H groups in total. The Morgan fingerprint density at radius 2 is 2.25 bits per heavy atom. The van der Waals surface area contributed by atoms with Crippen LogP contribution in [0, 0.1) is 6.92 Å². The maximum absolute atomic E-state index is 13.0. The van der Waals surface area contributed by atoms with Crippen molar-refractivity contribution in [2.75, 3.05) is 13.1 Å². The monoisotopic (exact) mass is 344 g/mol. The normalized spacial score (nSPS) is 18.1. The first-order valence-corrected chi connectivity index (χ1v) is 9.41. The Kier molecular flexibility index (Phi) is 5.93. The summed E-state index contributed by atoms with van der Waals surface area (Å²) in [6, 6.07) is 6.14. The van der Waals surface area contributed by atoms with Crippen LogP contribution < -0.4 is 5.32 Å². The van der Waals surface area contributed by atoms with Gasteiger partial charge in [-0.15, -0.1) is 11.3 Å². The van der Waals surface area contributed by atoms with Gasteiger partial charge in [-0.05, 0) is 51.4 Å². The van der Waals surface area contributed by atoms with Crippen LogP contribution in [0.5, 0.6) is 0 Å². The molecule has 3 rings (SSSR count). The van der Waals surface area contributed by atoms with E-state index in [9.17, 15) is 4.79 Å². The van der Waals surface area contributed by atoms with Crippen molar-refractivity contribution in [2.24, 2.45) is 0 Å². The van der Waals surface area contributed by atoms with Crippen LogP contribution >= 0.6 is 11.3 Å². The van der Waals surface area contributed by atoms with Crippen LogP contribution in [-0.4, -0.2) is 39.9 Å². The van der Waals surface area contributed by atoms with Gasteiger partial charge in [0.05, 0.1) is 29.4 Å². The molecule has 0 aromatic carbocycles. The highest BCUT2D eigenvalue weighted by atomic mass is 32.1. The smallest absolute Gasteiger partial charge is 0.229 e. The van der Waals surface area contributed by atoms with E-state index < -0.39 is 0 Å². The first-order chi connectivity index (χ1) is 11.7. The quantitative estimate of drug-likeness (QED) is 0.906. The summed E-state index contributed by atoms with van der Waals surface area (Å²) in [5, 5.41) is 6.42. The molecule has 1 fully saturated rings. The topological polar surface area (TPSA) is 58.1 Å². The minimum atomic E-state index is 0.151. The van der Waals surface area contributed by atoms with Crippen molar-refractivity contribution in [3.05, 3.63) is 46.2 Å². The molecule has 6 heteroatoms. The van der Waals surface area contributed by atoms with Crippen molar-refractivity contribution in [3.63, 3.8) is 0 Å². The Labute approximate surface area is 147 Å². The number of hydrogen-bond donors (Lipinski definition) is 1. The molecule has 2 aromatic rings. The highest BCUT2D eigenvalue weighted by molar-refractivity contribution is 7.09. The van der Waals surface area contributed by atoms with Crippen LogP contribution in [0.2, 0.25) is 0 Å². The van der Waals surface area contributed by atoms with E-state index in [1.807, 2.05) is 35.4 Å². The third-order valence-corrected chi connectivity index (χ3v) is 5.19. The molecule has 5 nitrogen and oxygen atoms in total. The fraction of sp³-hybridized carbons (Fsp3) is 0.500. The number of carbonyl (C=O) groups excluding carboxylic acids is 1. The van der Waals surface area contributed by atoms with E-state index in [0.29, 0.717) is 13.0 Å². The van der Waals surface area contributed by atoms with Gasteiger partial charge in [0.25, 0.3) is 0 Å². The SMILES string of the molecule is Cc1nc(CC(=O)N(Cc2ccccn2)C2CCCNCC2)cs1. The molecule has 0 spiro atoms. The largest absolute Gasteiger partial charge is 0.333 e. The molecule has 1 amide bonds. The van der Waals surface area contributed by atoms with Crippen molar-refractivity contribution < 1.29 is 4.79 Å². The average Bonchev–Trinajstić information content (AvgIpc) is 2.84. The lowest BCUT2D eigenvalue weighted by Gasteiger charge is -2.31. The molecule has 0 aliphatic carbocycles. The number of nitrogens with zero attached hydrogens (tertiary/aromatic N) is 3. The number of carbonyl (C=O) groups is 1. The first-order valence-electron chi connectivity index (χ1n) is 8.53. The summed E-state index contributed by atoms with van der Waals surface area (Å²) in [5.41, 5.74) is 1.82. The highest BCUT2D eigenvalue weighted by Gasteiger charge is 2.25. The molecule has 3 heterocycles. The van der Waals surface area contributed by atoms with Crippen LogP contribution in [0.15, 0.2) is 29.8 Å². The Balaban J connectivity index is 1.75. The Morgan fingerprint density at radius 1 is 1.33 bits per heavy atom. The molecule has 1 saturated heterocycles. The minimum absolute atomic E-state index is 0.151. The zero-order chi connectivity index (χ0) is 16.8. The molecule has 0 radical (unpaired) electrons. The molecule has 1 aliphatic rings. The van der Waals surface area contributed by atoms with Gasteiger partial charge in [-0.25, -0.2) is 4.98 Å². The van der Waals surface area contributed by atoms with Gasteiger partial charge in [-0.1, -0.05) is 6.07 Å². The summed E-state index contributed by atoms with van der Waals surface area (Å²) in [5.74, 6) is 0.151. The molecule has 128 valence electrons. The van der Waals surface area contributed by atoms with Crippen LogP contribution in [-0.2, 0) is 17.8 Å². The van der Waals surface area contributed by atoms with Crippen LogP contribution in [0.25, 0.3) is 0 Å². The van der Waals surface area contributed by atoms with E-state index in [1.54, 1.807) is 17.5 Å². The number of amides is 1. The summed E-state index contributed by atoms with van der Waals surface area (Å²) in [6.07, 6.45) is 5.31. The summed E-state index contributed by atoms with van der Waals surface area (Å²) < 4.78 is 0. The predicted molar refractivity (Wildman–Crippen MR) is 95.9 cm³/mol. The molecule has 0 bridgehead atoms. The van der Waals surface area contributed by atoms with Crippen molar-refractivity contribution >= 4 is 17.2 Å². The Morgan fingerprint density at radius 3 is 3.00 bits per heavy atom. The van der Waals surface area contributed by atoms with Gasteiger partial charge in [-0.3, -0.25) is 9.78 Å². The van der Waals surface area contributed by atoms with Gasteiger partial charge >= 0.3 is 0 Å². The second kappa shape index (κ2) is 8.35. The number of nitrogens with one attached hydrogen (secondary N) is 1. The molecule has 0 saturated carbocycles.